The van der Waals surface area contributed by atoms with Crippen molar-refractivity contribution in [3.05, 3.63) is 113 Å². The summed E-state index contributed by atoms with van der Waals surface area (Å²) in [6.45, 7) is 2.30. The van der Waals surface area contributed by atoms with Gasteiger partial charge in [0.2, 0.25) is 0 Å². The first-order valence-corrected chi connectivity index (χ1v) is 10.2. The summed E-state index contributed by atoms with van der Waals surface area (Å²) in [7, 11) is 0. The second-order valence-corrected chi connectivity index (χ2v) is 8.06. The molecule has 0 saturated heterocycles. The minimum Gasteiger partial charge on any atom is -0.0842 e. The van der Waals surface area contributed by atoms with Crippen molar-refractivity contribution in [1.82, 2.24) is 0 Å². The van der Waals surface area contributed by atoms with E-state index in [2.05, 4.69) is 91.9 Å². The van der Waals surface area contributed by atoms with Gasteiger partial charge < -0.3 is 0 Å². The van der Waals surface area contributed by atoms with Crippen molar-refractivity contribution in [2.45, 2.75) is 32.1 Å². The summed E-state index contributed by atoms with van der Waals surface area (Å²) in [6.07, 6.45) is 13.1. The third kappa shape index (κ3) is 2.75. The normalized spacial score (nSPS) is 26.8. The van der Waals surface area contributed by atoms with E-state index in [1.165, 1.54) is 35.1 Å². The molecule has 2 aromatic rings. The van der Waals surface area contributed by atoms with Crippen LogP contribution in [0.15, 0.2) is 102 Å². The maximum atomic E-state index is 2.43. The highest BCUT2D eigenvalue weighted by atomic mass is 14.5. The van der Waals surface area contributed by atoms with Crippen LogP contribution in [0.1, 0.15) is 43.2 Å². The van der Waals surface area contributed by atoms with Crippen molar-refractivity contribution < 1.29 is 0 Å². The zero-order valence-electron chi connectivity index (χ0n) is 15.9. The van der Waals surface area contributed by atoms with E-state index in [9.17, 15) is 0 Å². The van der Waals surface area contributed by atoms with Crippen LogP contribution in [0.25, 0.3) is 5.57 Å². The molecule has 0 amide bonds. The summed E-state index contributed by atoms with van der Waals surface area (Å²) in [5.41, 5.74) is 8.97. The lowest BCUT2D eigenvalue weighted by atomic mass is 9.58. The molecule has 3 aliphatic carbocycles. The Morgan fingerprint density at radius 3 is 2.30 bits per heavy atom. The van der Waals surface area contributed by atoms with E-state index in [0.29, 0.717) is 17.8 Å². The van der Waals surface area contributed by atoms with Gasteiger partial charge in [-0.15, -0.1) is 0 Å². The first kappa shape index (κ1) is 16.6. The molecule has 134 valence electrons. The Morgan fingerprint density at radius 1 is 0.778 bits per heavy atom. The molecule has 0 aliphatic heterocycles. The highest BCUT2D eigenvalue weighted by Crippen LogP contribution is 2.56. The van der Waals surface area contributed by atoms with Gasteiger partial charge in [0.05, 0.1) is 0 Å². The summed E-state index contributed by atoms with van der Waals surface area (Å²) in [4.78, 5) is 0. The fourth-order valence-corrected chi connectivity index (χ4v) is 5.51. The largest absolute Gasteiger partial charge is 0.0842 e. The monoisotopic (exact) mass is 350 g/mol. The molecule has 0 heteroatoms. The molecule has 0 spiro atoms. The van der Waals surface area contributed by atoms with Crippen LogP contribution in [0.3, 0.4) is 0 Å². The summed E-state index contributed by atoms with van der Waals surface area (Å²) in [6, 6.07) is 22.3. The van der Waals surface area contributed by atoms with Gasteiger partial charge in [0.1, 0.15) is 0 Å². The highest BCUT2D eigenvalue weighted by molar-refractivity contribution is 5.87. The summed E-state index contributed by atoms with van der Waals surface area (Å²) in [5, 5.41) is 0. The lowest BCUT2D eigenvalue weighted by molar-refractivity contribution is 0.351. The zero-order valence-corrected chi connectivity index (χ0v) is 15.9. The van der Waals surface area contributed by atoms with Gasteiger partial charge in [0, 0.05) is 0 Å². The molecular formula is C27H26. The number of hydrogen-bond acceptors (Lipinski definition) is 0. The molecule has 0 nitrogen and oxygen atoms in total. The molecule has 0 N–H and O–H groups in total. The van der Waals surface area contributed by atoms with E-state index in [0.717, 1.165) is 6.42 Å². The number of benzene rings is 2. The van der Waals surface area contributed by atoms with Gasteiger partial charge in [-0.05, 0) is 77.4 Å². The maximum Gasteiger partial charge on any atom is -0.00206 e. The van der Waals surface area contributed by atoms with Crippen LogP contribution in [0.4, 0.5) is 0 Å². The minimum absolute atomic E-state index is 0.577. The lowest BCUT2D eigenvalue weighted by Gasteiger charge is -2.45. The predicted octanol–water partition coefficient (Wildman–Crippen LogP) is 7.10. The number of rotatable bonds is 2. The second kappa shape index (κ2) is 6.85. The number of hydrogen-bond donors (Lipinski definition) is 0. The van der Waals surface area contributed by atoms with Crippen molar-refractivity contribution in [2.24, 2.45) is 11.8 Å². The van der Waals surface area contributed by atoms with Crippen LogP contribution < -0.4 is 0 Å². The van der Waals surface area contributed by atoms with Crippen molar-refractivity contribution in [3.8, 4) is 0 Å². The average Bonchev–Trinajstić information content (AvgIpc) is 2.73. The fourth-order valence-electron chi connectivity index (χ4n) is 5.51. The average molecular weight is 351 g/mol. The third-order valence-electron chi connectivity index (χ3n) is 6.57. The fraction of sp³-hybridized carbons (Fsp3) is 0.259. The zero-order chi connectivity index (χ0) is 18.2. The molecule has 3 unspecified atom stereocenters. The van der Waals surface area contributed by atoms with Crippen LogP contribution >= 0.6 is 0 Å². The smallest absolute Gasteiger partial charge is 0.00206 e. The molecule has 2 aromatic carbocycles. The Balaban J connectivity index is 1.79. The minimum atomic E-state index is 0.577. The molecule has 0 fully saturated rings. The Bertz CT molecular complexity index is 954. The molecule has 0 heterocycles. The lowest BCUT2D eigenvalue weighted by Crippen LogP contribution is -2.32. The van der Waals surface area contributed by atoms with Crippen LogP contribution in [-0.4, -0.2) is 0 Å². The van der Waals surface area contributed by atoms with Crippen molar-refractivity contribution in [2.75, 3.05) is 0 Å². The van der Waals surface area contributed by atoms with Gasteiger partial charge >= 0.3 is 0 Å². The first-order chi connectivity index (χ1) is 13.3. The van der Waals surface area contributed by atoms with Crippen LogP contribution in [0, 0.1) is 11.8 Å². The van der Waals surface area contributed by atoms with Crippen molar-refractivity contribution in [3.63, 3.8) is 0 Å². The highest BCUT2D eigenvalue weighted by Gasteiger charge is 2.42. The van der Waals surface area contributed by atoms with E-state index in [1.54, 1.807) is 11.1 Å². The Kier molecular flexibility index (Phi) is 4.20. The van der Waals surface area contributed by atoms with Crippen LogP contribution in [0.2, 0.25) is 0 Å². The van der Waals surface area contributed by atoms with E-state index in [-0.39, 0.29) is 0 Å². The van der Waals surface area contributed by atoms with Gasteiger partial charge in [0.15, 0.2) is 0 Å². The molecule has 0 radical (unpaired) electrons. The molecule has 3 atom stereocenters. The second-order valence-electron chi connectivity index (χ2n) is 8.06. The van der Waals surface area contributed by atoms with Gasteiger partial charge in [-0.3, -0.25) is 0 Å². The van der Waals surface area contributed by atoms with Crippen LogP contribution in [0.5, 0.6) is 0 Å². The van der Waals surface area contributed by atoms with Gasteiger partial charge in [0.25, 0.3) is 0 Å². The summed E-state index contributed by atoms with van der Waals surface area (Å²) < 4.78 is 0. The van der Waals surface area contributed by atoms with Crippen molar-refractivity contribution in [1.29, 1.82) is 0 Å². The number of allylic oxidation sites excluding steroid dienone is 8. The van der Waals surface area contributed by atoms with Gasteiger partial charge in [-0.2, -0.15) is 0 Å². The topological polar surface area (TPSA) is 0 Å². The van der Waals surface area contributed by atoms with E-state index in [1.807, 2.05) is 0 Å². The molecule has 0 bridgehead atoms. The SMILES string of the molecule is CC1=C2C(c3ccccc3)=C3C=CCCC3C(c3ccccc3)C2CC=C1. The summed E-state index contributed by atoms with van der Waals surface area (Å²) in [5.74, 6) is 1.77. The van der Waals surface area contributed by atoms with Crippen molar-refractivity contribution >= 4 is 5.57 Å². The van der Waals surface area contributed by atoms with Crippen LogP contribution in [-0.2, 0) is 0 Å². The quantitative estimate of drug-likeness (QED) is 0.542. The van der Waals surface area contributed by atoms with Gasteiger partial charge in [-0.25, -0.2) is 0 Å². The molecule has 0 aromatic heterocycles. The molecule has 5 rings (SSSR count). The Morgan fingerprint density at radius 2 is 1.52 bits per heavy atom. The molecule has 0 saturated carbocycles. The summed E-state index contributed by atoms with van der Waals surface area (Å²) >= 11 is 0. The Labute approximate surface area is 162 Å². The molecular weight excluding hydrogens is 324 g/mol. The van der Waals surface area contributed by atoms with E-state index in [4.69, 9.17) is 0 Å². The predicted molar refractivity (Wildman–Crippen MR) is 114 cm³/mol. The standard InChI is InChI=1S/C27H26/c1-19-11-10-18-24-25(19)27(21-14-6-3-7-15-21)23-17-9-8-16-22(23)26(24)20-12-4-2-5-13-20/h2-7,9-15,17,22,24,26H,8,16,18H2,1H3. The maximum absolute atomic E-state index is 2.43. The van der Waals surface area contributed by atoms with E-state index < -0.39 is 0 Å². The Hall–Kier alpha value is -2.60. The number of fused-ring (bicyclic) bond motifs is 2. The first-order valence-electron chi connectivity index (χ1n) is 10.2. The molecule has 27 heavy (non-hydrogen) atoms. The van der Waals surface area contributed by atoms with E-state index >= 15 is 0 Å². The third-order valence-corrected chi connectivity index (χ3v) is 6.57. The van der Waals surface area contributed by atoms with Gasteiger partial charge in [-0.1, -0.05) is 85.0 Å². The molecule has 3 aliphatic rings.